The molecule has 2 aliphatic carbocycles. The van der Waals surface area contributed by atoms with Crippen molar-refractivity contribution in [2.45, 2.75) is 140 Å². The summed E-state index contributed by atoms with van der Waals surface area (Å²) < 4.78 is 0. The number of ketones is 2. The Kier molecular flexibility index (Phi) is 11.4. The van der Waals surface area contributed by atoms with E-state index in [1.807, 2.05) is 81.1 Å². The number of carbonyl (C=O) groups excluding carboxylic acids is 4. The Hall–Kier alpha value is -3.32. The minimum Gasteiger partial charge on any atom is -0.345 e. The van der Waals surface area contributed by atoms with Gasteiger partial charge in [-0.3, -0.25) is 19.2 Å². The van der Waals surface area contributed by atoms with E-state index < -0.39 is 17.1 Å². The van der Waals surface area contributed by atoms with Crippen molar-refractivity contribution in [2.75, 3.05) is 0 Å². The summed E-state index contributed by atoms with van der Waals surface area (Å²) in [5.41, 5.74) is -0.416. The number of fused-ring (bicyclic) bond motifs is 1. The van der Waals surface area contributed by atoms with E-state index >= 15 is 0 Å². The number of nitrogens with zero attached hydrogens (tertiary/aromatic N) is 1. The molecule has 0 bridgehead atoms. The van der Waals surface area contributed by atoms with Crippen LogP contribution < -0.4 is 10.6 Å². The Labute approximate surface area is 281 Å². The van der Waals surface area contributed by atoms with E-state index in [1.54, 1.807) is 12.1 Å². The largest absolute Gasteiger partial charge is 0.345 e. The van der Waals surface area contributed by atoms with Gasteiger partial charge in [0.25, 0.3) is 5.91 Å². The third-order valence-corrected chi connectivity index (χ3v) is 11.1. The molecule has 5 atom stereocenters. The van der Waals surface area contributed by atoms with Crippen molar-refractivity contribution in [3.8, 4) is 0 Å². The molecule has 47 heavy (non-hydrogen) atoms. The Morgan fingerprint density at radius 3 is 2.00 bits per heavy atom. The highest BCUT2D eigenvalue weighted by atomic mass is 16.2. The molecule has 5 rings (SSSR count). The predicted octanol–water partition coefficient (Wildman–Crippen LogP) is 7.35. The molecule has 254 valence electrons. The molecular formula is C40H55N3O4. The van der Waals surface area contributed by atoms with E-state index in [9.17, 15) is 19.2 Å². The fourth-order valence-corrected chi connectivity index (χ4v) is 8.31. The van der Waals surface area contributed by atoms with Crippen LogP contribution in [-0.2, 0) is 14.4 Å². The smallest absolute Gasteiger partial charge is 0.251 e. The second kappa shape index (κ2) is 15.3. The third-order valence-electron chi connectivity index (χ3n) is 11.1. The van der Waals surface area contributed by atoms with Crippen LogP contribution in [0.25, 0.3) is 0 Å². The topological polar surface area (TPSA) is 95.6 Å². The lowest BCUT2D eigenvalue weighted by Crippen LogP contribution is -2.71. The van der Waals surface area contributed by atoms with Gasteiger partial charge in [0.05, 0.1) is 23.0 Å². The molecule has 2 N–H and O–H groups in total. The van der Waals surface area contributed by atoms with Gasteiger partial charge in [0, 0.05) is 30.0 Å². The van der Waals surface area contributed by atoms with Crippen LogP contribution in [0.2, 0.25) is 0 Å². The summed E-state index contributed by atoms with van der Waals surface area (Å²) in [6.45, 7) is 7.71. The van der Waals surface area contributed by atoms with Gasteiger partial charge in [0.2, 0.25) is 5.91 Å². The number of β-lactam (4-membered cyclic amide) rings is 1. The minimum absolute atomic E-state index is 0.0254. The van der Waals surface area contributed by atoms with Crippen LogP contribution in [0.1, 0.15) is 133 Å². The standard InChI is InChI=1S/C40H55N3O4/c1-39(2,35(44)27-33(28-19-11-9-12-20-28)41-37(46)29-21-13-10-14-22-29)42-32-25-17-7-5-15-23-30(32)36(45)40(3,4)43-34-26-18-8-6-16-24-31(34)38(43)47/h9-14,19-22,30-34,42H,5-8,15-18,23-27H2,1-4H3,(H,41,46). The van der Waals surface area contributed by atoms with Crippen LogP contribution in [0.4, 0.5) is 0 Å². The summed E-state index contributed by atoms with van der Waals surface area (Å²) in [5, 5.41) is 6.78. The number of rotatable bonds is 11. The van der Waals surface area contributed by atoms with E-state index in [1.165, 1.54) is 12.8 Å². The first-order valence-electron chi connectivity index (χ1n) is 18.1. The highest BCUT2D eigenvalue weighted by molar-refractivity contribution is 5.98. The molecule has 5 unspecified atom stereocenters. The molecule has 2 aromatic rings. The van der Waals surface area contributed by atoms with E-state index in [2.05, 4.69) is 10.6 Å². The van der Waals surface area contributed by atoms with Crippen LogP contribution >= 0.6 is 0 Å². The Morgan fingerprint density at radius 2 is 1.34 bits per heavy atom. The summed E-state index contributed by atoms with van der Waals surface area (Å²) in [4.78, 5) is 57.4. The van der Waals surface area contributed by atoms with Crippen molar-refractivity contribution in [3.63, 3.8) is 0 Å². The number of hydrogen-bond donors (Lipinski definition) is 2. The van der Waals surface area contributed by atoms with Gasteiger partial charge >= 0.3 is 0 Å². The Bertz CT molecular complexity index is 1390. The van der Waals surface area contributed by atoms with Crippen LogP contribution in [0.15, 0.2) is 60.7 Å². The maximum Gasteiger partial charge on any atom is 0.251 e. The maximum atomic E-state index is 14.6. The molecule has 2 saturated carbocycles. The van der Waals surface area contributed by atoms with Crippen molar-refractivity contribution in [1.29, 1.82) is 0 Å². The number of hydrogen-bond acceptors (Lipinski definition) is 5. The number of amides is 2. The van der Waals surface area contributed by atoms with Crippen LogP contribution in [0.5, 0.6) is 0 Å². The number of Topliss-reactive ketones (excluding diaryl/α,β-unsaturated/α-hetero) is 2. The van der Waals surface area contributed by atoms with Crippen molar-refractivity contribution < 1.29 is 19.2 Å². The molecule has 3 aliphatic rings. The maximum absolute atomic E-state index is 14.6. The zero-order chi connectivity index (χ0) is 33.6. The average molecular weight is 642 g/mol. The van der Waals surface area contributed by atoms with Gasteiger partial charge < -0.3 is 15.5 Å². The first-order valence-corrected chi connectivity index (χ1v) is 18.1. The molecule has 2 aromatic carbocycles. The van der Waals surface area contributed by atoms with Gasteiger partial charge in [-0.05, 0) is 71.1 Å². The van der Waals surface area contributed by atoms with Gasteiger partial charge in [-0.2, -0.15) is 0 Å². The fourth-order valence-electron chi connectivity index (χ4n) is 8.31. The molecular weight excluding hydrogens is 586 g/mol. The van der Waals surface area contributed by atoms with E-state index in [0.29, 0.717) is 5.56 Å². The summed E-state index contributed by atoms with van der Waals surface area (Å²) in [6, 6.07) is 18.2. The summed E-state index contributed by atoms with van der Waals surface area (Å²) in [5.74, 6) is -0.219. The molecule has 0 radical (unpaired) electrons. The van der Waals surface area contributed by atoms with E-state index in [0.717, 1.165) is 69.8 Å². The summed E-state index contributed by atoms with van der Waals surface area (Å²) >= 11 is 0. The first kappa shape index (κ1) is 35.0. The highest BCUT2D eigenvalue weighted by Crippen LogP contribution is 2.43. The zero-order valence-corrected chi connectivity index (χ0v) is 28.9. The molecule has 3 fully saturated rings. The van der Waals surface area contributed by atoms with Crippen molar-refractivity contribution >= 4 is 23.4 Å². The van der Waals surface area contributed by atoms with Crippen molar-refractivity contribution in [1.82, 2.24) is 15.5 Å². The molecule has 7 heteroatoms. The lowest BCUT2D eigenvalue weighted by atomic mass is 9.71. The fraction of sp³-hybridized carbons (Fsp3) is 0.600. The second-order valence-electron chi connectivity index (χ2n) is 15.2. The van der Waals surface area contributed by atoms with Gasteiger partial charge in [0.1, 0.15) is 0 Å². The number of nitrogens with one attached hydrogen (secondary N) is 2. The van der Waals surface area contributed by atoms with Crippen LogP contribution in [0.3, 0.4) is 0 Å². The number of benzene rings is 2. The molecule has 1 aliphatic heterocycles. The second-order valence-corrected chi connectivity index (χ2v) is 15.2. The molecule has 7 nitrogen and oxygen atoms in total. The molecule has 2 amide bonds. The quantitative estimate of drug-likeness (QED) is 0.250. The third kappa shape index (κ3) is 8.05. The van der Waals surface area contributed by atoms with Crippen molar-refractivity contribution in [3.05, 3.63) is 71.8 Å². The monoisotopic (exact) mass is 641 g/mol. The first-order chi connectivity index (χ1) is 22.5. The lowest BCUT2D eigenvalue weighted by Gasteiger charge is -2.56. The van der Waals surface area contributed by atoms with Gasteiger partial charge in [-0.25, -0.2) is 0 Å². The molecule has 0 aromatic heterocycles. The zero-order valence-electron chi connectivity index (χ0n) is 28.9. The highest BCUT2D eigenvalue weighted by Gasteiger charge is 2.56. The summed E-state index contributed by atoms with van der Waals surface area (Å²) in [6.07, 6.45) is 12.3. The molecule has 1 saturated heterocycles. The van der Waals surface area contributed by atoms with Crippen molar-refractivity contribution in [2.24, 2.45) is 11.8 Å². The predicted molar refractivity (Wildman–Crippen MR) is 186 cm³/mol. The Morgan fingerprint density at radius 1 is 0.766 bits per heavy atom. The van der Waals surface area contributed by atoms with Gasteiger partial charge in [0.15, 0.2) is 11.6 Å². The van der Waals surface area contributed by atoms with E-state index in [-0.39, 0.29) is 53.7 Å². The lowest BCUT2D eigenvalue weighted by molar-refractivity contribution is -0.174. The molecule has 1 heterocycles. The minimum atomic E-state index is -0.936. The molecule has 0 spiro atoms. The number of carbonyl (C=O) groups is 4. The van der Waals surface area contributed by atoms with E-state index in [4.69, 9.17) is 0 Å². The summed E-state index contributed by atoms with van der Waals surface area (Å²) in [7, 11) is 0. The van der Waals surface area contributed by atoms with Gasteiger partial charge in [-0.1, -0.05) is 99.9 Å². The Balaban J connectivity index is 1.33. The SMILES string of the molecule is CC(C)(NC1CCCCCCC1C(=O)C(C)(C)N1C(=O)C2CCCCCCC21)C(=O)CC(NC(=O)c1ccccc1)c1ccccc1. The van der Waals surface area contributed by atoms with Crippen LogP contribution in [0, 0.1) is 11.8 Å². The average Bonchev–Trinajstić information content (AvgIpc) is 3.03. The normalized spacial score (nSPS) is 24.8. The number of likely N-dealkylation sites (tertiary alicyclic amines) is 1. The van der Waals surface area contributed by atoms with Gasteiger partial charge in [-0.15, -0.1) is 0 Å². The van der Waals surface area contributed by atoms with Crippen LogP contribution in [-0.4, -0.2) is 51.4 Å².